The highest BCUT2D eigenvalue weighted by molar-refractivity contribution is 5.54. The number of nitrogens with zero attached hydrogens (tertiary/aromatic N) is 2. The average molecular weight is 318 g/mol. The zero-order valence-electron chi connectivity index (χ0n) is 13.2. The van der Waals surface area contributed by atoms with Crippen LogP contribution >= 0.6 is 0 Å². The Morgan fingerprint density at radius 3 is 2.96 bits per heavy atom. The Bertz CT molecular complexity index is 728. The zero-order chi connectivity index (χ0) is 16.0. The normalized spacial score (nSPS) is 24.3. The lowest BCUT2D eigenvalue weighted by Gasteiger charge is -2.23. The largest absolute Gasteiger partial charge is 0.441 e. The van der Waals surface area contributed by atoms with Crippen LogP contribution in [0, 0.1) is 24.5 Å². The lowest BCUT2D eigenvalue weighted by atomic mass is 9.90. The van der Waals surface area contributed by atoms with Gasteiger partial charge >= 0.3 is 0 Å². The van der Waals surface area contributed by atoms with Gasteiger partial charge in [0.25, 0.3) is 0 Å². The van der Waals surface area contributed by atoms with Gasteiger partial charge < -0.3 is 4.42 Å². The molecule has 1 saturated heterocycles. The minimum Gasteiger partial charge on any atom is -0.441 e. The first-order chi connectivity index (χ1) is 11.1. The van der Waals surface area contributed by atoms with E-state index in [1.807, 2.05) is 6.92 Å². The van der Waals surface area contributed by atoms with Crippen LogP contribution in [0.4, 0.5) is 8.78 Å². The second-order valence-corrected chi connectivity index (χ2v) is 6.76. The van der Waals surface area contributed by atoms with Gasteiger partial charge in [0, 0.05) is 25.2 Å². The summed E-state index contributed by atoms with van der Waals surface area (Å²) in [6.45, 7) is 3.73. The molecule has 2 heterocycles. The fourth-order valence-electron chi connectivity index (χ4n) is 3.98. The van der Waals surface area contributed by atoms with Gasteiger partial charge in [-0.15, -0.1) is 0 Å². The van der Waals surface area contributed by atoms with Crippen LogP contribution in [0.5, 0.6) is 0 Å². The Balaban J connectivity index is 1.58. The Kier molecular flexibility index (Phi) is 3.68. The summed E-state index contributed by atoms with van der Waals surface area (Å²) in [5, 5.41) is 0. The molecule has 2 aromatic rings. The third-order valence-electron chi connectivity index (χ3n) is 5.17. The van der Waals surface area contributed by atoms with Crippen molar-refractivity contribution in [2.75, 3.05) is 6.54 Å². The van der Waals surface area contributed by atoms with E-state index in [1.54, 1.807) is 0 Å². The molecule has 2 fully saturated rings. The molecule has 2 aliphatic rings. The number of hydrogen-bond acceptors (Lipinski definition) is 3. The Hall–Kier alpha value is -1.75. The van der Waals surface area contributed by atoms with Gasteiger partial charge in [-0.05, 0) is 44.2 Å². The summed E-state index contributed by atoms with van der Waals surface area (Å²) in [5.74, 6) is 0.520. The molecule has 122 valence electrons. The van der Waals surface area contributed by atoms with E-state index >= 15 is 0 Å². The van der Waals surface area contributed by atoms with Crippen LogP contribution in [0.25, 0.3) is 11.5 Å². The highest BCUT2D eigenvalue weighted by Crippen LogP contribution is 2.36. The van der Waals surface area contributed by atoms with Gasteiger partial charge in [0.05, 0.1) is 11.3 Å². The van der Waals surface area contributed by atoms with Crippen molar-refractivity contribution in [1.29, 1.82) is 0 Å². The number of halogens is 2. The molecule has 1 aliphatic carbocycles. The van der Waals surface area contributed by atoms with E-state index < -0.39 is 11.6 Å². The number of benzene rings is 1. The van der Waals surface area contributed by atoms with Gasteiger partial charge in [-0.25, -0.2) is 13.8 Å². The lowest BCUT2D eigenvalue weighted by molar-refractivity contribution is 0.233. The quantitative estimate of drug-likeness (QED) is 0.845. The summed E-state index contributed by atoms with van der Waals surface area (Å²) in [5.41, 5.74) is 1.07. The van der Waals surface area contributed by atoms with Gasteiger partial charge in [-0.2, -0.15) is 0 Å². The molecule has 2 bridgehead atoms. The minimum absolute atomic E-state index is 0.209. The summed E-state index contributed by atoms with van der Waals surface area (Å²) >= 11 is 0. The number of aryl methyl sites for hydroxylation is 1. The molecule has 1 aromatic carbocycles. The molecular weight excluding hydrogens is 298 g/mol. The van der Waals surface area contributed by atoms with E-state index in [1.165, 1.54) is 37.8 Å². The zero-order valence-corrected chi connectivity index (χ0v) is 13.2. The maximum Gasteiger partial charge on any atom is 0.229 e. The topological polar surface area (TPSA) is 29.3 Å². The average Bonchev–Trinajstić information content (AvgIpc) is 3.00. The van der Waals surface area contributed by atoms with Crippen LogP contribution in [0.15, 0.2) is 22.6 Å². The number of hydrogen-bond donors (Lipinski definition) is 0. The molecule has 1 saturated carbocycles. The second kappa shape index (κ2) is 5.71. The molecule has 1 aliphatic heterocycles. The van der Waals surface area contributed by atoms with E-state index in [4.69, 9.17) is 4.42 Å². The number of fused-ring (bicyclic) bond motifs is 2. The van der Waals surface area contributed by atoms with Crippen molar-refractivity contribution in [3.63, 3.8) is 0 Å². The van der Waals surface area contributed by atoms with Crippen molar-refractivity contribution in [2.24, 2.45) is 5.92 Å². The number of aromatic nitrogens is 1. The molecule has 2 atom stereocenters. The van der Waals surface area contributed by atoms with Crippen LogP contribution in [-0.4, -0.2) is 22.5 Å². The molecule has 0 radical (unpaired) electrons. The van der Waals surface area contributed by atoms with Crippen LogP contribution in [0.2, 0.25) is 0 Å². The van der Waals surface area contributed by atoms with Crippen LogP contribution in [0.1, 0.15) is 37.1 Å². The summed E-state index contributed by atoms with van der Waals surface area (Å²) in [7, 11) is 0. The Labute approximate surface area is 134 Å². The number of oxazole rings is 1. The smallest absolute Gasteiger partial charge is 0.229 e. The van der Waals surface area contributed by atoms with E-state index in [9.17, 15) is 8.78 Å². The van der Waals surface area contributed by atoms with Crippen molar-refractivity contribution in [3.8, 4) is 11.5 Å². The molecule has 0 spiro atoms. The maximum atomic E-state index is 13.9. The van der Waals surface area contributed by atoms with Crippen molar-refractivity contribution < 1.29 is 13.2 Å². The molecule has 4 rings (SSSR count). The summed E-state index contributed by atoms with van der Waals surface area (Å²) in [4.78, 5) is 6.96. The molecular formula is C18H20F2N2O. The summed E-state index contributed by atoms with van der Waals surface area (Å²) in [6, 6.07) is 4.11. The third-order valence-corrected chi connectivity index (χ3v) is 5.17. The standard InChI is InChI=1S/C18H20F2N2O/c1-11-17(10-22-9-12-3-2-4-14(22)7-12)21-18(23-11)15-6-5-13(19)8-16(15)20/h5-6,8,12,14H,2-4,7,9-10H2,1H3/t12-,14+/m0/s1. The van der Waals surface area contributed by atoms with Crippen LogP contribution < -0.4 is 0 Å². The van der Waals surface area contributed by atoms with Crippen molar-refractivity contribution in [2.45, 2.75) is 45.2 Å². The maximum absolute atomic E-state index is 13.9. The van der Waals surface area contributed by atoms with Gasteiger partial charge in [0.1, 0.15) is 17.4 Å². The van der Waals surface area contributed by atoms with Gasteiger partial charge in [-0.1, -0.05) is 6.42 Å². The third kappa shape index (κ3) is 2.78. The Morgan fingerprint density at radius 2 is 2.17 bits per heavy atom. The molecule has 3 nitrogen and oxygen atoms in total. The number of rotatable bonds is 3. The van der Waals surface area contributed by atoms with Crippen LogP contribution in [-0.2, 0) is 6.54 Å². The highest BCUT2D eigenvalue weighted by Gasteiger charge is 2.35. The monoisotopic (exact) mass is 318 g/mol. The van der Waals surface area contributed by atoms with E-state index in [0.29, 0.717) is 11.8 Å². The van der Waals surface area contributed by atoms with Crippen molar-refractivity contribution >= 4 is 0 Å². The molecule has 0 N–H and O–H groups in total. The molecule has 1 aromatic heterocycles. The summed E-state index contributed by atoms with van der Waals surface area (Å²) < 4.78 is 32.6. The molecule has 0 unspecified atom stereocenters. The highest BCUT2D eigenvalue weighted by atomic mass is 19.1. The predicted octanol–water partition coefficient (Wildman–Crippen LogP) is 4.30. The van der Waals surface area contributed by atoms with Crippen LogP contribution in [0.3, 0.4) is 0 Å². The fourth-order valence-corrected chi connectivity index (χ4v) is 3.98. The van der Waals surface area contributed by atoms with Crippen molar-refractivity contribution in [3.05, 3.63) is 41.3 Å². The SMILES string of the molecule is Cc1oc(-c2ccc(F)cc2F)nc1CN1C[C@H]2CCC[C@@H]1C2. The fraction of sp³-hybridized carbons (Fsp3) is 0.500. The first-order valence-electron chi connectivity index (χ1n) is 8.26. The molecule has 5 heteroatoms. The minimum atomic E-state index is -0.644. The van der Waals surface area contributed by atoms with Gasteiger partial charge in [-0.3, -0.25) is 4.90 Å². The lowest BCUT2D eigenvalue weighted by Crippen LogP contribution is -2.28. The second-order valence-electron chi connectivity index (χ2n) is 6.76. The van der Waals surface area contributed by atoms with E-state index in [-0.39, 0.29) is 11.5 Å². The van der Waals surface area contributed by atoms with Crippen molar-refractivity contribution in [1.82, 2.24) is 9.88 Å². The predicted molar refractivity (Wildman–Crippen MR) is 82.7 cm³/mol. The summed E-state index contributed by atoms with van der Waals surface area (Å²) in [6.07, 6.45) is 5.19. The Morgan fingerprint density at radius 1 is 1.30 bits per heavy atom. The first-order valence-corrected chi connectivity index (χ1v) is 8.26. The van der Waals surface area contributed by atoms with E-state index in [2.05, 4.69) is 9.88 Å². The molecule has 23 heavy (non-hydrogen) atoms. The van der Waals surface area contributed by atoms with Gasteiger partial charge in [0.2, 0.25) is 5.89 Å². The van der Waals surface area contributed by atoms with E-state index in [0.717, 1.165) is 30.8 Å². The number of likely N-dealkylation sites (tertiary alicyclic amines) is 1. The first kappa shape index (κ1) is 14.8. The van der Waals surface area contributed by atoms with Gasteiger partial charge in [0.15, 0.2) is 0 Å². The molecule has 0 amide bonds.